The molecule has 0 radical (unpaired) electrons. The Labute approximate surface area is 93.7 Å². The van der Waals surface area contributed by atoms with Crippen LogP contribution in [0.4, 0.5) is 0 Å². The van der Waals surface area contributed by atoms with Crippen LogP contribution in [0, 0.1) is 12.3 Å². The van der Waals surface area contributed by atoms with E-state index in [1.54, 1.807) is 5.56 Å². The highest BCUT2D eigenvalue weighted by Gasteiger charge is 2.46. The van der Waals surface area contributed by atoms with Crippen LogP contribution in [0.15, 0.2) is 24.3 Å². The topological polar surface area (TPSA) is 0 Å². The fourth-order valence-corrected chi connectivity index (χ4v) is 2.88. The lowest BCUT2D eigenvalue weighted by Crippen LogP contribution is -2.18. The zero-order valence-electron chi connectivity index (χ0n) is 10.4. The molecule has 1 aromatic carbocycles. The number of aryl methyl sites for hydroxylation is 1. The minimum atomic E-state index is 0.443. The normalized spacial score (nSPS) is 18.9. The minimum absolute atomic E-state index is 0.443. The van der Waals surface area contributed by atoms with Gasteiger partial charge < -0.3 is 0 Å². The Balaban J connectivity index is 2.27. The second-order valence-electron chi connectivity index (χ2n) is 6.33. The molecule has 0 nitrogen and oxygen atoms in total. The summed E-state index contributed by atoms with van der Waals surface area (Å²) in [6.45, 7) is 9.31. The van der Waals surface area contributed by atoms with Crippen molar-refractivity contribution in [3.8, 4) is 0 Å². The van der Waals surface area contributed by atoms with Crippen LogP contribution in [0.5, 0.6) is 0 Å². The van der Waals surface area contributed by atoms with Gasteiger partial charge in [-0.3, -0.25) is 0 Å². The highest BCUT2D eigenvalue weighted by molar-refractivity contribution is 5.37. The van der Waals surface area contributed by atoms with Crippen LogP contribution in [0.2, 0.25) is 0 Å². The van der Waals surface area contributed by atoms with Gasteiger partial charge in [-0.15, -0.1) is 0 Å². The van der Waals surface area contributed by atoms with Gasteiger partial charge in [0.1, 0.15) is 0 Å². The van der Waals surface area contributed by atoms with Crippen molar-refractivity contribution in [1.82, 2.24) is 0 Å². The van der Waals surface area contributed by atoms with Crippen molar-refractivity contribution in [2.24, 2.45) is 5.41 Å². The second kappa shape index (κ2) is 3.37. The van der Waals surface area contributed by atoms with Gasteiger partial charge in [-0.25, -0.2) is 0 Å². The Morgan fingerprint density at radius 1 is 1.13 bits per heavy atom. The molecule has 1 fully saturated rings. The second-order valence-corrected chi connectivity index (χ2v) is 6.33. The van der Waals surface area contributed by atoms with Gasteiger partial charge in [0, 0.05) is 0 Å². The van der Waals surface area contributed by atoms with Crippen molar-refractivity contribution in [1.29, 1.82) is 0 Å². The van der Waals surface area contributed by atoms with Crippen molar-refractivity contribution in [2.45, 2.75) is 52.4 Å². The zero-order valence-corrected chi connectivity index (χ0v) is 10.4. The van der Waals surface area contributed by atoms with Crippen LogP contribution in [-0.4, -0.2) is 0 Å². The van der Waals surface area contributed by atoms with Crippen LogP contribution >= 0.6 is 0 Å². The Morgan fingerprint density at radius 2 is 1.73 bits per heavy atom. The van der Waals surface area contributed by atoms with E-state index in [-0.39, 0.29) is 0 Å². The summed E-state index contributed by atoms with van der Waals surface area (Å²) in [6.07, 6.45) is 4.09. The van der Waals surface area contributed by atoms with Crippen LogP contribution in [-0.2, 0) is 5.41 Å². The largest absolute Gasteiger partial charge is 0.0620 e. The van der Waals surface area contributed by atoms with Crippen LogP contribution in [0.1, 0.15) is 51.2 Å². The molecular formula is C15H22. The van der Waals surface area contributed by atoms with E-state index in [0.717, 1.165) is 0 Å². The molecule has 0 spiro atoms. The predicted molar refractivity (Wildman–Crippen MR) is 66.2 cm³/mol. The van der Waals surface area contributed by atoms with Crippen molar-refractivity contribution >= 4 is 0 Å². The average Bonchev–Trinajstić information content (AvgIpc) is 2.83. The highest BCUT2D eigenvalue weighted by atomic mass is 14.5. The summed E-state index contributed by atoms with van der Waals surface area (Å²) in [6, 6.07) is 8.91. The summed E-state index contributed by atoms with van der Waals surface area (Å²) in [4.78, 5) is 0. The van der Waals surface area contributed by atoms with Crippen molar-refractivity contribution in [2.75, 3.05) is 0 Å². The van der Waals surface area contributed by atoms with E-state index in [1.165, 1.54) is 24.8 Å². The lowest BCUT2D eigenvalue weighted by molar-refractivity contribution is 0.328. The first-order valence-corrected chi connectivity index (χ1v) is 5.99. The van der Waals surface area contributed by atoms with E-state index in [9.17, 15) is 0 Å². The average molecular weight is 202 g/mol. The molecule has 0 saturated heterocycles. The molecule has 0 aliphatic heterocycles. The molecule has 0 heteroatoms. The molecule has 15 heavy (non-hydrogen) atoms. The Kier molecular flexibility index (Phi) is 2.41. The smallest absolute Gasteiger partial charge is 0.00387 e. The number of hydrogen-bond donors (Lipinski definition) is 0. The highest BCUT2D eigenvalue weighted by Crippen LogP contribution is 2.55. The standard InChI is InChI=1S/C15H22/c1-12-7-5-6-8-13(12)15(9-10-15)11-14(2,3)4/h5-8H,9-11H2,1-4H3. The van der Waals surface area contributed by atoms with E-state index in [1.807, 2.05) is 0 Å². The molecule has 0 aromatic heterocycles. The Hall–Kier alpha value is -0.780. The lowest BCUT2D eigenvalue weighted by atomic mass is 9.78. The molecule has 1 aromatic rings. The first-order chi connectivity index (χ1) is 6.93. The molecular weight excluding hydrogens is 180 g/mol. The van der Waals surface area contributed by atoms with Gasteiger partial charge in [0.05, 0.1) is 0 Å². The molecule has 1 aliphatic carbocycles. The summed E-state index contributed by atoms with van der Waals surface area (Å²) < 4.78 is 0. The Morgan fingerprint density at radius 3 is 2.20 bits per heavy atom. The van der Waals surface area contributed by atoms with Gasteiger partial charge in [0.2, 0.25) is 0 Å². The third-order valence-corrected chi connectivity index (χ3v) is 3.44. The lowest BCUT2D eigenvalue weighted by Gasteiger charge is -2.27. The van der Waals surface area contributed by atoms with Crippen LogP contribution in [0.25, 0.3) is 0 Å². The summed E-state index contributed by atoms with van der Waals surface area (Å²) in [7, 11) is 0. The summed E-state index contributed by atoms with van der Waals surface area (Å²) in [5.74, 6) is 0. The van der Waals surface area contributed by atoms with Crippen molar-refractivity contribution in [3.63, 3.8) is 0 Å². The quantitative estimate of drug-likeness (QED) is 0.664. The SMILES string of the molecule is Cc1ccccc1C1(CC(C)(C)C)CC1. The van der Waals surface area contributed by atoms with E-state index in [2.05, 4.69) is 52.0 Å². The zero-order chi connectivity index (χ0) is 11.1. The monoisotopic (exact) mass is 202 g/mol. The third-order valence-electron chi connectivity index (χ3n) is 3.44. The first kappa shape index (κ1) is 10.7. The van der Waals surface area contributed by atoms with Gasteiger partial charge in [0.25, 0.3) is 0 Å². The molecule has 0 atom stereocenters. The van der Waals surface area contributed by atoms with Gasteiger partial charge in [-0.2, -0.15) is 0 Å². The van der Waals surface area contributed by atoms with Crippen molar-refractivity contribution < 1.29 is 0 Å². The molecule has 2 rings (SSSR count). The molecule has 0 bridgehead atoms. The minimum Gasteiger partial charge on any atom is -0.0620 e. The molecule has 0 N–H and O–H groups in total. The van der Waals surface area contributed by atoms with Crippen molar-refractivity contribution in [3.05, 3.63) is 35.4 Å². The van der Waals surface area contributed by atoms with E-state index in [4.69, 9.17) is 0 Å². The van der Waals surface area contributed by atoms with Crippen LogP contribution < -0.4 is 0 Å². The predicted octanol–water partition coefficient (Wildman–Crippen LogP) is 4.46. The van der Waals surface area contributed by atoms with Gasteiger partial charge in [0.15, 0.2) is 0 Å². The molecule has 1 saturated carbocycles. The number of rotatable bonds is 2. The maximum absolute atomic E-state index is 2.35. The molecule has 82 valence electrons. The fourth-order valence-electron chi connectivity index (χ4n) is 2.88. The summed E-state index contributed by atoms with van der Waals surface area (Å²) >= 11 is 0. The number of hydrogen-bond acceptors (Lipinski definition) is 0. The van der Waals surface area contributed by atoms with E-state index >= 15 is 0 Å². The van der Waals surface area contributed by atoms with Gasteiger partial charge in [-0.1, -0.05) is 45.0 Å². The van der Waals surface area contributed by atoms with Gasteiger partial charge in [-0.05, 0) is 48.1 Å². The molecule has 0 amide bonds. The maximum atomic E-state index is 2.35. The third kappa shape index (κ3) is 2.25. The molecule has 0 heterocycles. The molecule has 0 unspecified atom stereocenters. The van der Waals surface area contributed by atoms with E-state index in [0.29, 0.717) is 10.8 Å². The fraction of sp³-hybridized carbons (Fsp3) is 0.600. The first-order valence-electron chi connectivity index (χ1n) is 5.99. The van der Waals surface area contributed by atoms with Gasteiger partial charge >= 0.3 is 0 Å². The van der Waals surface area contributed by atoms with E-state index < -0.39 is 0 Å². The van der Waals surface area contributed by atoms with Crippen LogP contribution in [0.3, 0.4) is 0 Å². The molecule has 1 aliphatic rings. The Bertz CT molecular complexity index is 351. The number of benzene rings is 1. The maximum Gasteiger partial charge on any atom is -0.00387 e. The summed E-state index contributed by atoms with van der Waals surface area (Å²) in [5, 5.41) is 0. The summed E-state index contributed by atoms with van der Waals surface area (Å²) in [5.41, 5.74) is 4.03.